The molecule has 0 fully saturated rings. The second-order valence-electron chi connectivity index (χ2n) is 4.47. The molecular formula is C14H22ClNO2. The number of halogens is 1. The smallest absolute Gasteiger partial charge is 0.222 e. The van der Waals surface area contributed by atoms with E-state index in [0.29, 0.717) is 6.61 Å². The molecule has 0 saturated heterocycles. The first kappa shape index (κ1) is 15.3. The first-order valence-electron chi connectivity index (χ1n) is 6.40. The van der Waals surface area contributed by atoms with E-state index in [-0.39, 0.29) is 18.6 Å². The van der Waals surface area contributed by atoms with Crippen LogP contribution in [0.2, 0.25) is 0 Å². The van der Waals surface area contributed by atoms with E-state index >= 15 is 0 Å². The van der Waals surface area contributed by atoms with E-state index in [4.69, 9.17) is 16.3 Å². The largest absolute Gasteiger partial charge is 0.361 e. The van der Waals surface area contributed by atoms with E-state index in [1.165, 1.54) is 12.5 Å². The summed E-state index contributed by atoms with van der Waals surface area (Å²) in [6.07, 6.45) is 6.80. The summed E-state index contributed by atoms with van der Waals surface area (Å²) >= 11 is 6.69. The van der Waals surface area contributed by atoms with Gasteiger partial charge in [0.1, 0.15) is 11.7 Å². The van der Waals surface area contributed by atoms with Crippen molar-refractivity contribution < 1.29 is 9.53 Å². The van der Waals surface area contributed by atoms with E-state index in [2.05, 4.69) is 13.0 Å². The molecule has 0 aromatic heterocycles. The average Bonchev–Trinajstić information content (AvgIpc) is 2.33. The Morgan fingerprint density at radius 3 is 2.72 bits per heavy atom. The summed E-state index contributed by atoms with van der Waals surface area (Å²) in [6.45, 7) is 8.35. The lowest BCUT2D eigenvalue weighted by atomic mass is 9.86. The highest BCUT2D eigenvalue weighted by Gasteiger charge is 2.41. The third-order valence-corrected chi connectivity index (χ3v) is 4.09. The lowest BCUT2D eigenvalue weighted by Crippen LogP contribution is -2.52. The number of ether oxygens (including phenoxy) is 1. The van der Waals surface area contributed by atoms with Crippen molar-refractivity contribution in [3.05, 3.63) is 23.8 Å². The topological polar surface area (TPSA) is 29.5 Å². The number of carbonyl (C=O) groups excluding carboxylic acids is 1. The van der Waals surface area contributed by atoms with Crippen molar-refractivity contribution in [2.75, 3.05) is 13.3 Å². The maximum absolute atomic E-state index is 11.8. The van der Waals surface area contributed by atoms with Gasteiger partial charge in [-0.05, 0) is 19.4 Å². The highest BCUT2D eigenvalue weighted by atomic mass is 35.5. The van der Waals surface area contributed by atoms with Crippen molar-refractivity contribution in [2.24, 2.45) is 5.92 Å². The maximum Gasteiger partial charge on any atom is 0.222 e. The normalized spacial score (nSPS) is 26.9. The molecule has 0 spiro atoms. The van der Waals surface area contributed by atoms with Gasteiger partial charge in [-0.2, -0.15) is 0 Å². The van der Waals surface area contributed by atoms with Gasteiger partial charge in [0.25, 0.3) is 0 Å². The zero-order chi connectivity index (χ0) is 13.8. The van der Waals surface area contributed by atoms with Crippen LogP contribution in [0.4, 0.5) is 0 Å². The minimum atomic E-state index is -0.818. The first-order chi connectivity index (χ1) is 8.47. The Labute approximate surface area is 114 Å². The van der Waals surface area contributed by atoms with Crippen LogP contribution in [-0.2, 0) is 9.53 Å². The zero-order valence-electron chi connectivity index (χ0n) is 11.6. The van der Waals surface area contributed by atoms with E-state index in [9.17, 15) is 4.79 Å². The zero-order valence-corrected chi connectivity index (χ0v) is 12.3. The van der Waals surface area contributed by atoms with Crippen LogP contribution in [0.25, 0.3) is 0 Å². The quantitative estimate of drug-likeness (QED) is 0.436. The van der Waals surface area contributed by atoms with Gasteiger partial charge >= 0.3 is 0 Å². The van der Waals surface area contributed by atoms with Crippen molar-refractivity contribution in [2.45, 2.75) is 39.1 Å². The monoisotopic (exact) mass is 271 g/mol. The molecule has 18 heavy (non-hydrogen) atoms. The molecule has 0 aromatic carbocycles. The number of amides is 1. The summed E-state index contributed by atoms with van der Waals surface area (Å²) in [5, 5.41) is 0. The predicted octanol–water partition coefficient (Wildman–Crippen LogP) is 3.31. The highest BCUT2D eigenvalue weighted by Crippen LogP contribution is 2.39. The van der Waals surface area contributed by atoms with Crippen LogP contribution in [0.15, 0.2) is 23.8 Å². The Morgan fingerprint density at radius 1 is 1.56 bits per heavy atom. The second kappa shape index (κ2) is 6.39. The molecule has 1 rings (SSSR count). The van der Waals surface area contributed by atoms with Crippen molar-refractivity contribution in [1.82, 2.24) is 4.90 Å². The van der Waals surface area contributed by atoms with Gasteiger partial charge in [-0.3, -0.25) is 9.69 Å². The lowest BCUT2D eigenvalue weighted by Gasteiger charge is -2.42. The Morgan fingerprint density at radius 2 is 2.22 bits per heavy atom. The van der Waals surface area contributed by atoms with Gasteiger partial charge < -0.3 is 4.74 Å². The second-order valence-corrected chi connectivity index (χ2v) is 5.08. The van der Waals surface area contributed by atoms with Crippen molar-refractivity contribution in [1.29, 1.82) is 0 Å². The minimum Gasteiger partial charge on any atom is -0.361 e. The van der Waals surface area contributed by atoms with Gasteiger partial charge in [0, 0.05) is 19.4 Å². The van der Waals surface area contributed by atoms with Crippen LogP contribution in [0.1, 0.15) is 34.1 Å². The predicted molar refractivity (Wildman–Crippen MR) is 74.3 cm³/mol. The summed E-state index contributed by atoms with van der Waals surface area (Å²) in [5.41, 5.74) is 1.25. The van der Waals surface area contributed by atoms with Crippen LogP contribution in [0.3, 0.4) is 0 Å². The van der Waals surface area contributed by atoms with Gasteiger partial charge in [-0.1, -0.05) is 43.2 Å². The molecule has 1 amide bonds. The Hall–Kier alpha value is -0.800. The molecule has 0 bridgehead atoms. The van der Waals surface area contributed by atoms with Crippen LogP contribution in [0.5, 0.6) is 0 Å². The molecule has 0 aliphatic heterocycles. The third kappa shape index (κ3) is 2.96. The van der Waals surface area contributed by atoms with E-state index < -0.39 is 5.00 Å². The molecule has 0 N–H and O–H groups in total. The summed E-state index contributed by atoms with van der Waals surface area (Å²) in [7, 11) is 0. The van der Waals surface area contributed by atoms with Gasteiger partial charge in [-0.25, -0.2) is 0 Å². The average molecular weight is 272 g/mol. The Balaban J connectivity index is 2.99. The minimum absolute atomic E-state index is 0.0766. The Kier molecular flexibility index (Phi) is 5.42. The van der Waals surface area contributed by atoms with Crippen molar-refractivity contribution >= 4 is 17.5 Å². The highest BCUT2D eigenvalue weighted by molar-refractivity contribution is 6.26. The third-order valence-electron chi connectivity index (χ3n) is 3.43. The number of nitrogens with zero attached hydrogens (tertiary/aromatic N) is 1. The number of alkyl halides is 1. The molecule has 0 heterocycles. The number of carbonyl (C=O) groups is 1. The number of allylic oxidation sites excluding steroid dienone is 2. The summed E-state index contributed by atoms with van der Waals surface area (Å²) in [4.78, 5) is 12.6. The SMILES string of the molecule is CCOCN(C(C)=O)C1(Cl)C=CC=C(CC)C1C. The van der Waals surface area contributed by atoms with Gasteiger partial charge in [-0.15, -0.1) is 0 Å². The summed E-state index contributed by atoms with van der Waals surface area (Å²) in [6, 6.07) is 0. The summed E-state index contributed by atoms with van der Waals surface area (Å²) < 4.78 is 5.36. The molecule has 102 valence electrons. The van der Waals surface area contributed by atoms with Crippen molar-refractivity contribution in [3.63, 3.8) is 0 Å². The molecule has 3 nitrogen and oxygen atoms in total. The van der Waals surface area contributed by atoms with Crippen LogP contribution < -0.4 is 0 Å². The summed E-state index contributed by atoms with van der Waals surface area (Å²) in [5.74, 6) is 0.00539. The lowest BCUT2D eigenvalue weighted by molar-refractivity contribution is -0.139. The Bertz CT molecular complexity index is 365. The van der Waals surface area contributed by atoms with Crippen molar-refractivity contribution in [3.8, 4) is 0 Å². The molecule has 1 aliphatic carbocycles. The number of rotatable bonds is 5. The molecule has 0 saturated carbocycles. The number of hydrogen-bond acceptors (Lipinski definition) is 2. The van der Waals surface area contributed by atoms with E-state index in [1.54, 1.807) is 4.90 Å². The molecule has 1 aliphatic rings. The van der Waals surface area contributed by atoms with E-state index in [0.717, 1.165) is 6.42 Å². The fraction of sp³-hybridized carbons (Fsp3) is 0.643. The van der Waals surface area contributed by atoms with E-state index in [1.807, 2.05) is 26.0 Å². The molecule has 2 unspecified atom stereocenters. The standard InChI is InChI=1S/C14H22ClNO2/c1-5-13-8-7-9-14(15,11(13)3)16(12(4)17)10-18-6-2/h7-9,11H,5-6,10H2,1-4H3. The fourth-order valence-electron chi connectivity index (χ4n) is 2.22. The molecule has 4 heteroatoms. The van der Waals surface area contributed by atoms with Crippen LogP contribution in [-0.4, -0.2) is 29.1 Å². The van der Waals surface area contributed by atoms with Crippen LogP contribution >= 0.6 is 11.6 Å². The molecule has 2 atom stereocenters. The van der Waals surface area contributed by atoms with Crippen LogP contribution in [0, 0.1) is 5.92 Å². The molecule has 0 radical (unpaired) electrons. The molecular weight excluding hydrogens is 250 g/mol. The number of hydrogen-bond donors (Lipinski definition) is 0. The van der Waals surface area contributed by atoms with Gasteiger partial charge in [0.2, 0.25) is 5.91 Å². The first-order valence-corrected chi connectivity index (χ1v) is 6.78. The molecule has 0 aromatic rings. The fourth-order valence-corrected chi connectivity index (χ4v) is 2.60. The van der Waals surface area contributed by atoms with Gasteiger partial charge in [0.05, 0.1) is 0 Å². The maximum atomic E-state index is 11.8. The van der Waals surface area contributed by atoms with Gasteiger partial charge in [0.15, 0.2) is 0 Å².